The number of nitrogens with zero attached hydrogens (tertiary/aromatic N) is 3. The summed E-state index contributed by atoms with van der Waals surface area (Å²) in [6, 6.07) is 12.6. The standard InChI is InChI=1S/C21H23N5O2/c1-21(2,3)22-19(27)18-11-13-6-4-5-7-15(13)12-26(18)20(28)14-8-9-16-17(10-14)24-25-23-16/h4-10,18H,11-12H2,1-3H3,(H,22,27)(H,23,24,25)/t18-/m0/s1. The molecule has 28 heavy (non-hydrogen) atoms. The average Bonchev–Trinajstić information content (AvgIpc) is 3.12. The second-order valence-electron chi connectivity index (χ2n) is 8.19. The summed E-state index contributed by atoms with van der Waals surface area (Å²) < 4.78 is 0. The van der Waals surface area contributed by atoms with Crippen molar-refractivity contribution in [3.63, 3.8) is 0 Å². The van der Waals surface area contributed by atoms with E-state index in [1.54, 1.807) is 23.1 Å². The van der Waals surface area contributed by atoms with Gasteiger partial charge in [0.2, 0.25) is 5.91 Å². The molecule has 1 atom stereocenters. The van der Waals surface area contributed by atoms with Gasteiger partial charge in [0.1, 0.15) is 17.1 Å². The number of fused-ring (bicyclic) bond motifs is 2. The maximum Gasteiger partial charge on any atom is 0.254 e. The summed E-state index contributed by atoms with van der Waals surface area (Å²) in [5, 5.41) is 13.7. The van der Waals surface area contributed by atoms with Gasteiger partial charge in [-0.3, -0.25) is 9.59 Å². The van der Waals surface area contributed by atoms with Crippen molar-refractivity contribution in [3.8, 4) is 0 Å². The Bertz CT molecular complexity index is 1050. The molecule has 0 fully saturated rings. The van der Waals surface area contributed by atoms with Crippen LogP contribution in [0, 0.1) is 0 Å². The van der Waals surface area contributed by atoms with E-state index in [0.29, 0.717) is 29.6 Å². The molecule has 0 saturated carbocycles. The third-order valence-electron chi connectivity index (χ3n) is 4.87. The van der Waals surface area contributed by atoms with Gasteiger partial charge in [0.15, 0.2) is 0 Å². The van der Waals surface area contributed by atoms with E-state index < -0.39 is 6.04 Å². The van der Waals surface area contributed by atoms with Crippen LogP contribution >= 0.6 is 0 Å². The Morgan fingerprint density at radius 1 is 1.07 bits per heavy atom. The first kappa shape index (κ1) is 18.2. The van der Waals surface area contributed by atoms with Gasteiger partial charge in [-0.2, -0.15) is 15.4 Å². The van der Waals surface area contributed by atoms with E-state index in [-0.39, 0.29) is 17.4 Å². The number of aromatic nitrogens is 3. The summed E-state index contributed by atoms with van der Waals surface area (Å²) >= 11 is 0. The van der Waals surface area contributed by atoms with E-state index >= 15 is 0 Å². The summed E-state index contributed by atoms with van der Waals surface area (Å²) in [4.78, 5) is 28.0. The van der Waals surface area contributed by atoms with Crippen LogP contribution in [-0.4, -0.2) is 43.7 Å². The highest BCUT2D eigenvalue weighted by Gasteiger charge is 2.36. The average molecular weight is 377 g/mol. The van der Waals surface area contributed by atoms with Gasteiger partial charge in [-0.15, -0.1) is 0 Å². The van der Waals surface area contributed by atoms with Crippen molar-refractivity contribution in [2.45, 2.75) is 45.3 Å². The predicted molar refractivity (Wildman–Crippen MR) is 106 cm³/mol. The zero-order chi connectivity index (χ0) is 19.9. The number of carbonyl (C=O) groups excluding carboxylic acids is 2. The van der Waals surface area contributed by atoms with E-state index in [1.165, 1.54) is 0 Å². The Morgan fingerprint density at radius 3 is 2.54 bits per heavy atom. The summed E-state index contributed by atoms with van der Waals surface area (Å²) in [6.45, 7) is 6.21. The van der Waals surface area contributed by atoms with Crippen LogP contribution in [0.2, 0.25) is 0 Å². The molecular weight excluding hydrogens is 354 g/mol. The lowest BCUT2D eigenvalue weighted by Gasteiger charge is -2.37. The Kier molecular flexibility index (Phi) is 4.37. The lowest BCUT2D eigenvalue weighted by atomic mass is 9.92. The van der Waals surface area contributed by atoms with Crippen molar-refractivity contribution < 1.29 is 9.59 Å². The van der Waals surface area contributed by atoms with Gasteiger partial charge in [-0.05, 0) is 50.1 Å². The van der Waals surface area contributed by atoms with Crippen LogP contribution in [0.25, 0.3) is 11.0 Å². The summed E-state index contributed by atoms with van der Waals surface area (Å²) in [5.74, 6) is -0.327. The number of hydrogen-bond acceptors (Lipinski definition) is 4. The van der Waals surface area contributed by atoms with Gasteiger partial charge < -0.3 is 10.2 Å². The Labute approximate surface area is 163 Å². The number of carbonyl (C=O) groups is 2. The van der Waals surface area contributed by atoms with E-state index in [9.17, 15) is 9.59 Å². The molecule has 2 heterocycles. The molecule has 0 bridgehead atoms. The first-order valence-corrected chi connectivity index (χ1v) is 9.32. The van der Waals surface area contributed by atoms with Gasteiger partial charge in [0.05, 0.1) is 0 Å². The van der Waals surface area contributed by atoms with E-state index in [2.05, 4.69) is 20.7 Å². The summed E-state index contributed by atoms with van der Waals surface area (Å²) in [6.07, 6.45) is 0.496. The molecule has 1 aromatic heterocycles. The number of nitrogens with one attached hydrogen (secondary N) is 2. The third kappa shape index (κ3) is 3.47. The predicted octanol–water partition coefficient (Wildman–Crippen LogP) is 2.44. The molecule has 3 aromatic rings. The van der Waals surface area contributed by atoms with E-state index in [0.717, 1.165) is 11.1 Å². The monoisotopic (exact) mass is 377 g/mol. The molecule has 0 radical (unpaired) electrons. The van der Waals surface area contributed by atoms with Crippen molar-refractivity contribution in [1.29, 1.82) is 0 Å². The maximum atomic E-state index is 13.3. The topological polar surface area (TPSA) is 91.0 Å². The second-order valence-corrected chi connectivity index (χ2v) is 8.19. The molecular formula is C21H23N5O2. The van der Waals surface area contributed by atoms with E-state index in [4.69, 9.17) is 0 Å². The highest BCUT2D eigenvalue weighted by Crippen LogP contribution is 2.26. The molecule has 0 spiro atoms. The molecule has 7 heteroatoms. The van der Waals surface area contributed by atoms with Crippen LogP contribution in [0.4, 0.5) is 0 Å². The maximum absolute atomic E-state index is 13.3. The minimum Gasteiger partial charge on any atom is -0.350 e. The van der Waals surface area contributed by atoms with Gasteiger partial charge >= 0.3 is 0 Å². The van der Waals surface area contributed by atoms with Gasteiger partial charge in [-0.25, -0.2) is 0 Å². The minimum absolute atomic E-state index is 0.141. The van der Waals surface area contributed by atoms with Crippen molar-refractivity contribution in [2.24, 2.45) is 0 Å². The van der Waals surface area contributed by atoms with Crippen LogP contribution in [-0.2, 0) is 17.8 Å². The van der Waals surface area contributed by atoms with Crippen LogP contribution in [0.3, 0.4) is 0 Å². The Morgan fingerprint density at radius 2 is 1.79 bits per heavy atom. The number of H-pyrrole nitrogens is 1. The zero-order valence-electron chi connectivity index (χ0n) is 16.2. The molecule has 1 aliphatic rings. The van der Waals surface area contributed by atoms with Crippen LogP contribution in [0.5, 0.6) is 0 Å². The summed E-state index contributed by atoms with van der Waals surface area (Å²) in [7, 11) is 0. The minimum atomic E-state index is -0.561. The number of amides is 2. The number of benzene rings is 2. The van der Waals surface area contributed by atoms with Crippen molar-refractivity contribution in [3.05, 3.63) is 59.2 Å². The molecule has 144 valence electrons. The van der Waals surface area contributed by atoms with Gasteiger partial charge in [0.25, 0.3) is 5.91 Å². The van der Waals surface area contributed by atoms with E-state index in [1.807, 2.05) is 45.0 Å². The lowest BCUT2D eigenvalue weighted by molar-refractivity contribution is -0.127. The number of aromatic amines is 1. The number of rotatable bonds is 2. The number of hydrogen-bond donors (Lipinski definition) is 2. The quantitative estimate of drug-likeness (QED) is 0.718. The van der Waals surface area contributed by atoms with Gasteiger partial charge in [0, 0.05) is 24.1 Å². The molecule has 0 aliphatic carbocycles. The molecule has 0 saturated heterocycles. The van der Waals surface area contributed by atoms with Crippen molar-refractivity contribution in [2.75, 3.05) is 0 Å². The smallest absolute Gasteiger partial charge is 0.254 e. The molecule has 2 N–H and O–H groups in total. The van der Waals surface area contributed by atoms with Crippen LogP contribution in [0.15, 0.2) is 42.5 Å². The fraction of sp³-hybridized carbons (Fsp3) is 0.333. The van der Waals surface area contributed by atoms with Gasteiger partial charge in [-0.1, -0.05) is 24.3 Å². The SMILES string of the molecule is CC(C)(C)NC(=O)[C@@H]1Cc2ccccc2CN1C(=O)c1ccc2n[nH]nc2c1. The molecule has 1 aliphatic heterocycles. The molecule has 2 amide bonds. The zero-order valence-corrected chi connectivity index (χ0v) is 16.2. The first-order chi connectivity index (χ1) is 13.3. The highest BCUT2D eigenvalue weighted by molar-refractivity contribution is 6.00. The van der Waals surface area contributed by atoms with Crippen molar-refractivity contribution >= 4 is 22.8 Å². The first-order valence-electron chi connectivity index (χ1n) is 9.32. The lowest BCUT2D eigenvalue weighted by Crippen LogP contribution is -2.56. The molecule has 4 rings (SSSR count). The van der Waals surface area contributed by atoms with Crippen molar-refractivity contribution in [1.82, 2.24) is 25.6 Å². The third-order valence-corrected chi connectivity index (χ3v) is 4.87. The Balaban J connectivity index is 1.70. The fourth-order valence-corrected chi connectivity index (χ4v) is 3.56. The fourth-order valence-electron chi connectivity index (χ4n) is 3.56. The second kappa shape index (κ2) is 6.74. The molecule has 2 aromatic carbocycles. The highest BCUT2D eigenvalue weighted by atomic mass is 16.2. The Hall–Kier alpha value is -3.22. The molecule has 7 nitrogen and oxygen atoms in total. The largest absolute Gasteiger partial charge is 0.350 e. The normalized spacial score (nSPS) is 16.7. The summed E-state index contributed by atoms with van der Waals surface area (Å²) in [5.41, 5.74) is 3.61. The van der Waals surface area contributed by atoms with Crippen LogP contribution < -0.4 is 5.32 Å². The molecule has 0 unspecified atom stereocenters. The van der Waals surface area contributed by atoms with Crippen LogP contribution in [0.1, 0.15) is 42.3 Å².